The molecular weight excluding hydrogens is 140 g/mol. The van der Waals surface area contributed by atoms with E-state index in [1.807, 2.05) is 6.92 Å². The quantitative estimate of drug-likeness (QED) is 0.630. The fourth-order valence-electron chi connectivity index (χ4n) is 1.29. The van der Waals surface area contributed by atoms with Crippen molar-refractivity contribution in [3.05, 3.63) is 0 Å². The summed E-state index contributed by atoms with van der Waals surface area (Å²) in [6, 6.07) is 0. The van der Waals surface area contributed by atoms with Gasteiger partial charge in [-0.3, -0.25) is 0 Å². The normalized spacial score (nSPS) is 31.1. The molecule has 1 heterocycles. The molecule has 0 aliphatic carbocycles. The minimum atomic E-state index is -0.532. The molecule has 1 N–H and O–H groups in total. The first kappa shape index (κ1) is 9.01. The van der Waals surface area contributed by atoms with Gasteiger partial charge < -0.3 is 9.84 Å². The Morgan fingerprint density at radius 3 is 2.64 bits per heavy atom. The predicted octanol–water partition coefficient (Wildman–Crippen LogP) is 1.57. The molecule has 0 radical (unpaired) electrons. The van der Waals surface area contributed by atoms with Gasteiger partial charge in [0.25, 0.3) is 0 Å². The smallest absolute Gasteiger partial charge is 0.0837 e. The van der Waals surface area contributed by atoms with Crippen molar-refractivity contribution < 1.29 is 9.84 Å². The molecule has 1 fully saturated rings. The molecule has 0 saturated carbocycles. The summed E-state index contributed by atoms with van der Waals surface area (Å²) in [6.07, 6.45) is 2.15. The maximum atomic E-state index is 9.91. The Morgan fingerprint density at radius 2 is 2.27 bits per heavy atom. The summed E-state index contributed by atoms with van der Waals surface area (Å²) in [5, 5.41) is 9.91. The third kappa shape index (κ3) is 2.46. The van der Waals surface area contributed by atoms with Gasteiger partial charge in [0.2, 0.25) is 0 Å². The zero-order valence-corrected chi connectivity index (χ0v) is 7.63. The number of hydrogen-bond acceptors (Lipinski definition) is 2. The van der Waals surface area contributed by atoms with Gasteiger partial charge >= 0.3 is 0 Å². The van der Waals surface area contributed by atoms with Crippen LogP contribution in [0.15, 0.2) is 0 Å². The standard InChI is InChI=1S/C9H18O2/c1-4-7(2)9(3,10)5-8-6-11-8/h7-8,10H,4-6H2,1-3H3. The average Bonchev–Trinajstić information content (AvgIpc) is 2.69. The lowest BCUT2D eigenvalue weighted by atomic mass is 9.85. The summed E-state index contributed by atoms with van der Waals surface area (Å²) in [4.78, 5) is 0. The van der Waals surface area contributed by atoms with E-state index in [9.17, 15) is 5.11 Å². The summed E-state index contributed by atoms with van der Waals surface area (Å²) in [5.41, 5.74) is -0.532. The van der Waals surface area contributed by atoms with Crippen LogP contribution in [-0.2, 0) is 4.74 Å². The minimum absolute atomic E-state index is 0.332. The van der Waals surface area contributed by atoms with Crippen LogP contribution in [0, 0.1) is 5.92 Å². The first-order chi connectivity index (χ1) is 5.06. The van der Waals surface area contributed by atoms with Crippen LogP contribution in [0.1, 0.15) is 33.6 Å². The largest absolute Gasteiger partial charge is 0.390 e. The molecule has 1 aliphatic heterocycles. The number of hydrogen-bond donors (Lipinski definition) is 1. The highest BCUT2D eigenvalue weighted by molar-refractivity contribution is 4.85. The van der Waals surface area contributed by atoms with Gasteiger partial charge in [-0.2, -0.15) is 0 Å². The minimum Gasteiger partial charge on any atom is -0.390 e. The molecule has 0 spiro atoms. The highest BCUT2D eigenvalue weighted by atomic mass is 16.6. The van der Waals surface area contributed by atoms with Gasteiger partial charge in [0, 0.05) is 6.42 Å². The lowest BCUT2D eigenvalue weighted by molar-refractivity contribution is -0.00902. The predicted molar refractivity (Wildman–Crippen MR) is 44.4 cm³/mol. The zero-order chi connectivity index (χ0) is 8.48. The van der Waals surface area contributed by atoms with E-state index in [1.165, 1.54) is 0 Å². The second-order valence-electron chi connectivity index (χ2n) is 3.83. The van der Waals surface area contributed by atoms with E-state index < -0.39 is 5.60 Å². The zero-order valence-electron chi connectivity index (χ0n) is 7.63. The highest BCUT2D eigenvalue weighted by Gasteiger charge is 2.35. The van der Waals surface area contributed by atoms with E-state index in [4.69, 9.17) is 4.74 Å². The van der Waals surface area contributed by atoms with Gasteiger partial charge in [-0.15, -0.1) is 0 Å². The molecule has 3 unspecified atom stereocenters. The number of epoxide rings is 1. The summed E-state index contributed by atoms with van der Waals surface area (Å²) in [7, 11) is 0. The maximum Gasteiger partial charge on any atom is 0.0837 e. The first-order valence-electron chi connectivity index (χ1n) is 4.40. The van der Waals surface area contributed by atoms with Gasteiger partial charge in [0.15, 0.2) is 0 Å². The van der Waals surface area contributed by atoms with Gasteiger partial charge in [-0.25, -0.2) is 0 Å². The topological polar surface area (TPSA) is 32.8 Å². The van der Waals surface area contributed by atoms with E-state index in [0.29, 0.717) is 12.0 Å². The Kier molecular flexibility index (Phi) is 2.55. The second kappa shape index (κ2) is 3.11. The van der Waals surface area contributed by atoms with Gasteiger partial charge in [0.1, 0.15) is 0 Å². The van der Waals surface area contributed by atoms with E-state index in [0.717, 1.165) is 19.4 Å². The van der Waals surface area contributed by atoms with Crippen LogP contribution in [0.2, 0.25) is 0 Å². The molecule has 0 aromatic rings. The van der Waals surface area contributed by atoms with Crippen molar-refractivity contribution in [2.75, 3.05) is 6.61 Å². The summed E-state index contributed by atoms with van der Waals surface area (Å²) >= 11 is 0. The van der Waals surface area contributed by atoms with E-state index >= 15 is 0 Å². The van der Waals surface area contributed by atoms with Crippen molar-refractivity contribution in [1.82, 2.24) is 0 Å². The number of aliphatic hydroxyl groups is 1. The van der Waals surface area contributed by atoms with Crippen LogP contribution in [-0.4, -0.2) is 23.4 Å². The molecule has 1 rings (SSSR count). The van der Waals surface area contributed by atoms with Crippen molar-refractivity contribution in [2.24, 2.45) is 5.92 Å². The molecule has 0 aromatic heterocycles. The molecule has 1 aliphatic rings. The third-order valence-corrected chi connectivity index (χ3v) is 2.72. The van der Waals surface area contributed by atoms with Crippen molar-refractivity contribution in [1.29, 1.82) is 0 Å². The summed E-state index contributed by atoms with van der Waals surface area (Å²) in [5.74, 6) is 0.367. The molecule has 11 heavy (non-hydrogen) atoms. The second-order valence-corrected chi connectivity index (χ2v) is 3.83. The Hall–Kier alpha value is -0.0800. The molecule has 0 amide bonds. The van der Waals surface area contributed by atoms with E-state index in [-0.39, 0.29) is 0 Å². The molecule has 3 atom stereocenters. The Balaban J connectivity index is 2.35. The van der Waals surface area contributed by atoms with Crippen LogP contribution in [0.5, 0.6) is 0 Å². The SMILES string of the molecule is CCC(C)C(C)(O)CC1CO1. The number of ether oxygens (including phenoxy) is 1. The van der Waals surface area contributed by atoms with E-state index in [1.54, 1.807) is 0 Å². The van der Waals surface area contributed by atoms with Crippen LogP contribution < -0.4 is 0 Å². The first-order valence-corrected chi connectivity index (χ1v) is 4.40. The van der Waals surface area contributed by atoms with Crippen molar-refractivity contribution >= 4 is 0 Å². The maximum absolute atomic E-state index is 9.91. The fourth-order valence-corrected chi connectivity index (χ4v) is 1.29. The summed E-state index contributed by atoms with van der Waals surface area (Å²) in [6.45, 7) is 6.94. The molecule has 0 aromatic carbocycles. The van der Waals surface area contributed by atoms with Crippen LogP contribution in [0.4, 0.5) is 0 Å². The van der Waals surface area contributed by atoms with Crippen LogP contribution in [0.25, 0.3) is 0 Å². The highest BCUT2D eigenvalue weighted by Crippen LogP contribution is 2.29. The van der Waals surface area contributed by atoms with Crippen molar-refractivity contribution in [2.45, 2.75) is 45.3 Å². The summed E-state index contributed by atoms with van der Waals surface area (Å²) < 4.78 is 5.08. The molecule has 2 nitrogen and oxygen atoms in total. The Morgan fingerprint density at radius 1 is 1.73 bits per heavy atom. The molecule has 66 valence electrons. The Labute approximate surface area is 68.6 Å². The molecule has 0 bridgehead atoms. The lowest BCUT2D eigenvalue weighted by Gasteiger charge is -2.28. The van der Waals surface area contributed by atoms with Crippen molar-refractivity contribution in [3.63, 3.8) is 0 Å². The van der Waals surface area contributed by atoms with Crippen LogP contribution >= 0.6 is 0 Å². The lowest BCUT2D eigenvalue weighted by Crippen LogP contribution is -2.33. The van der Waals surface area contributed by atoms with Gasteiger partial charge in [0.05, 0.1) is 18.3 Å². The van der Waals surface area contributed by atoms with Crippen molar-refractivity contribution in [3.8, 4) is 0 Å². The monoisotopic (exact) mass is 158 g/mol. The fraction of sp³-hybridized carbons (Fsp3) is 1.00. The Bertz CT molecular complexity index is 128. The van der Waals surface area contributed by atoms with Crippen LogP contribution in [0.3, 0.4) is 0 Å². The number of rotatable bonds is 4. The molecule has 1 saturated heterocycles. The third-order valence-electron chi connectivity index (χ3n) is 2.72. The van der Waals surface area contributed by atoms with Gasteiger partial charge in [-0.1, -0.05) is 20.3 Å². The molecule has 2 heteroatoms. The average molecular weight is 158 g/mol. The van der Waals surface area contributed by atoms with E-state index in [2.05, 4.69) is 13.8 Å². The van der Waals surface area contributed by atoms with Gasteiger partial charge in [-0.05, 0) is 12.8 Å². The molecular formula is C9H18O2.